The van der Waals surface area contributed by atoms with Gasteiger partial charge in [0.25, 0.3) is 0 Å². The molecular formula is C10H15N3O4. The molecule has 0 bridgehead atoms. The molecule has 0 aromatic carbocycles. The normalized spacial score (nSPS) is 11.7. The van der Waals surface area contributed by atoms with Crippen LogP contribution in [0.2, 0.25) is 0 Å². The van der Waals surface area contributed by atoms with Gasteiger partial charge in [-0.15, -0.1) is 0 Å². The molecule has 0 aliphatic carbocycles. The number of carbonyl (C=O) groups is 2. The van der Waals surface area contributed by atoms with E-state index in [1.165, 1.54) is 14.2 Å². The van der Waals surface area contributed by atoms with Crippen molar-refractivity contribution >= 4 is 12.1 Å². The van der Waals surface area contributed by atoms with Crippen LogP contribution in [-0.4, -0.2) is 41.9 Å². The van der Waals surface area contributed by atoms with Gasteiger partial charge in [0.1, 0.15) is 6.04 Å². The van der Waals surface area contributed by atoms with Crippen molar-refractivity contribution in [2.75, 3.05) is 14.2 Å². The molecule has 1 aromatic rings. The number of alkyl carbamates (subject to hydrolysis) is 1. The molecule has 0 unspecified atom stereocenters. The van der Waals surface area contributed by atoms with Crippen molar-refractivity contribution in [3.05, 3.63) is 18.2 Å². The molecule has 0 saturated heterocycles. The first-order valence-electron chi connectivity index (χ1n) is 4.96. The summed E-state index contributed by atoms with van der Waals surface area (Å²) in [4.78, 5) is 26.5. The van der Waals surface area contributed by atoms with Crippen LogP contribution in [0.25, 0.3) is 0 Å². The van der Waals surface area contributed by atoms with Gasteiger partial charge in [-0.05, 0) is 0 Å². The molecule has 0 radical (unpaired) electrons. The van der Waals surface area contributed by atoms with Crippen LogP contribution >= 0.6 is 0 Å². The number of methoxy groups -OCH3 is 2. The van der Waals surface area contributed by atoms with Crippen molar-refractivity contribution in [1.82, 2.24) is 14.9 Å². The lowest BCUT2D eigenvalue weighted by molar-refractivity contribution is -0.142. The minimum atomic E-state index is -0.789. The zero-order chi connectivity index (χ0) is 12.8. The third kappa shape index (κ3) is 3.47. The number of ether oxygens (including phenoxy) is 2. The quantitative estimate of drug-likeness (QED) is 0.742. The van der Waals surface area contributed by atoms with Crippen LogP contribution in [0.4, 0.5) is 4.79 Å². The summed E-state index contributed by atoms with van der Waals surface area (Å²) in [6.07, 6.45) is 2.84. The van der Waals surface area contributed by atoms with E-state index in [4.69, 9.17) is 0 Å². The zero-order valence-electron chi connectivity index (χ0n) is 9.97. The first kappa shape index (κ1) is 13.0. The highest BCUT2D eigenvalue weighted by molar-refractivity contribution is 5.81. The second-order valence-corrected chi connectivity index (χ2v) is 3.41. The summed E-state index contributed by atoms with van der Waals surface area (Å²) in [5.74, 6) is -0.531. The number of hydrogen-bond donors (Lipinski definition) is 1. The topological polar surface area (TPSA) is 82.5 Å². The molecule has 94 valence electrons. The Labute approximate surface area is 98.7 Å². The van der Waals surface area contributed by atoms with E-state index in [2.05, 4.69) is 19.8 Å². The Balaban J connectivity index is 2.74. The molecule has 1 N–H and O–H groups in total. The molecule has 1 aromatic heterocycles. The lowest BCUT2D eigenvalue weighted by Crippen LogP contribution is -2.43. The van der Waals surface area contributed by atoms with E-state index in [9.17, 15) is 9.59 Å². The Morgan fingerprint density at radius 1 is 1.47 bits per heavy atom. The van der Waals surface area contributed by atoms with Crippen LogP contribution in [0.15, 0.2) is 12.5 Å². The number of imidazole rings is 1. The average Bonchev–Trinajstić information content (AvgIpc) is 2.73. The van der Waals surface area contributed by atoms with E-state index in [-0.39, 0.29) is 6.42 Å². The number of hydrogen-bond acceptors (Lipinski definition) is 5. The van der Waals surface area contributed by atoms with Crippen molar-refractivity contribution in [1.29, 1.82) is 0 Å². The Morgan fingerprint density at radius 3 is 2.65 bits per heavy atom. The predicted molar refractivity (Wildman–Crippen MR) is 58.3 cm³/mol. The van der Waals surface area contributed by atoms with E-state index in [1.807, 2.05) is 0 Å². The second kappa shape index (κ2) is 5.88. The highest BCUT2D eigenvalue weighted by atomic mass is 16.5. The maximum Gasteiger partial charge on any atom is 0.407 e. The third-order valence-corrected chi connectivity index (χ3v) is 2.29. The molecular weight excluding hydrogens is 226 g/mol. The van der Waals surface area contributed by atoms with E-state index in [0.717, 1.165) is 5.69 Å². The number of aromatic nitrogens is 2. The fourth-order valence-corrected chi connectivity index (χ4v) is 1.33. The van der Waals surface area contributed by atoms with Crippen LogP contribution < -0.4 is 5.32 Å². The van der Waals surface area contributed by atoms with E-state index < -0.39 is 18.1 Å². The first-order valence-corrected chi connectivity index (χ1v) is 4.96. The molecule has 1 atom stereocenters. The van der Waals surface area contributed by atoms with Gasteiger partial charge < -0.3 is 19.4 Å². The summed E-state index contributed by atoms with van der Waals surface area (Å²) in [7, 11) is 4.29. The van der Waals surface area contributed by atoms with Crippen LogP contribution in [0.3, 0.4) is 0 Å². The summed E-state index contributed by atoms with van der Waals surface area (Å²) in [6, 6.07) is -0.789. The molecule has 0 saturated carbocycles. The Hall–Kier alpha value is -2.05. The molecule has 7 heteroatoms. The smallest absolute Gasteiger partial charge is 0.407 e. The van der Waals surface area contributed by atoms with Crippen LogP contribution in [-0.2, 0) is 27.7 Å². The fraction of sp³-hybridized carbons (Fsp3) is 0.500. The van der Waals surface area contributed by atoms with Crippen molar-refractivity contribution in [2.24, 2.45) is 7.05 Å². The summed E-state index contributed by atoms with van der Waals surface area (Å²) in [5.41, 5.74) is 0.803. The van der Waals surface area contributed by atoms with Gasteiger partial charge in [0.15, 0.2) is 0 Å². The molecule has 0 aliphatic heterocycles. The van der Waals surface area contributed by atoms with Gasteiger partial charge in [-0.3, -0.25) is 0 Å². The number of amides is 1. The van der Waals surface area contributed by atoms with Gasteiger partial charge in [0, 0.05) is 25.4 Å². The molecule has 0 aliphatic rings. The molecule has 1 heterocycles. The molecule has 17 heavy (non-hydrogen) atoms. The van der Waals surface area contributed by atoms with Crippen molar-refractivity contribution in [3.63, 3.8) is 0 Å². The average molecular weight is 241 g/mol. The Morgan fingerprint density at radius 2 is 2.18 bits per heavy atom. The molecule has 0 spiro atoms. The highest BCUT2D eigenvalue weighted by Crippen LogP contribution is 2.03. The van der Waals surface area contributed by atoms with Crippen LogP contribution in [0.5, 0.6) is 0 Å². The largest absolute Gasteiger partial charge is 0.467 e. The monoisotopic (exact) mass is 241 g/mol. The number of nitrogens with one attached hydrogen (secondary N) is 1. The van der Waals surface area contributed by atoms with Gasteiger partial charge >= 0.3 is 12.1 Å². The lowest BCUT2D eigenvalue weighted by atomic mass is 10.1. The summed E-state index contributed by atoms with van der Waals surface area (Å²) in [6.45, 7) is 0. The van der Waals surface area contributed by atoms with Gasteiger partial charge in [0.05, 0.1) is 20.5 Å². The number of carbonyl (C=O) groups excluding carboxylic acids is 2. The van der Waals surface area contributed by atoms with Gasteiger partial charge in [0.2, 0.25) is 0 Å². The number of aryl methyl sites for hydroxylation is 1. The van der Waals surface area contributed by atoms with Gasteiger partial charge in [-0.2, -0.15) is 0 Å². The summed E-state index contributed by atoms with van der Waals surface area (Å²) >= 11 is 0. The van der Waals surface area contributed by atoms with E-state index in [0.29, 0.717) is 0 Å². The van der Waals surface area contributed by atoms with E-state index >= 15 is 0 Å². The lowest BCUT2D eigenvalue weighted by Gasteiger charge is -2.15. The third-order valence-electron chi connectivity index (χ3n) is 2.29. The first-order chi connectivity index (χ1) is 8.08. The zero-order valence-corrected chi connectivity index (χ0v) is 9.97. The van der Waals surface area contributed by atoms with Crippen molar-refractivity contribution in [3.8, 4) is 0 Å². The number of esters is 1. The Kier molecular flexibility index (Phi) is 4.50. The minimum Gasteiger partial charge on any atom is -0.467 e. The van der Waals surface area contributed by atoms with Crippen LogP contribution in [0, 0.1) is 0 Å². The fourth-order valence-electron chi connectivity index (χ4n) is 1.33. The molecule has 0 fully saturated rings. The van der Waals surface area contributed by atoms with Gasteiger partial charge in [-0.1, -0.05) is 0 Å². The summed E-state index contributed by atoms with van der Waals surface area (Å²) in [5, 5.41) is 2.41. The highest BCUT2D eigenvalue weighted by Gasteiger charge is 2.23. The molecule has 7 nitrogen and oxygen atoms in total. The number of nitrogens with zero attached hydrogens (tertiary/aromatic N) is 2. The SMILES string of the molecule is COC(=O)N[C@@H](Cc1cncn1C)C(=O)OC. The molecule has 1 amide bonds. The maximum atomic E-state index is 11.5. The Bertz CT molecular complexity index is 402. The standard InChI is InChI=1S/C10H15N3O4/c1-13-6-11-5-7(13)4-8(9(14)16-2)12-10(15)17-3/h5-6,8H,4H2,1-3H3,(H,12,15)/t8-/m0/s1. The van der Waals surface area contributed by atoms with E-state index in [1.54, 1.807) is 24.1 Å². The van der Waals surface area contributed by atoms with Crippen molar-refractivity contribution in [2.45, 2.75) is 12.5 Å². The maximum absolute atomic E-state index is 11.5. The van der Waals surface area contributed by atoms with Gasteiger partial charge in [-0.25, -0.2) is 14.6 Å². The predicted octanol–water partition coefficient (Wildman–Crippen LogP) is -0.140. The number of rotatable bonds is 4. The molecule has 1 rings (SSSR count). The second-order valence-electron chi connectivity index (χ2n) is 3.41. The minimum absolute atomic E-state index is 0.290. The summed E-state index contributed by atoms with van der Waals surface area (Å²) < 4.78 is 10.8. The van der Waals surface area contributed by atoms with Crippen LogP contribution in [0.1, 0.15) is 5.69 Å². The van der Waals surface area contributed by atoms with Crippen molar-refractivity contribution < 1.29 is 19.1 Å².